The topological polar surface area (TPSA) is 28.3 Å². The number of aryl methyl sites for hydroxylation is 4. The summed E-state index contributed by atoms with van der Waals surface area (Å²) in [5, 5.41) is 2.25. The van der Waals surface area contributed by atoms with E-state index >= 15 is 0 Å². The first-order valence-electron chi connectivity index (χ1n) is 11.3. The molecule has 0 N–H and O–H groups in total. The van der Waals surface area contributed by atoms with Gasteiger partial charge in [-0.15, -0.1) is 0 Å². The van der Waals surface area contributed by atoms with E-state index in [1.54, 1.807) is 14.2 Å². The van der Waals surface area contributed by atoms with Gasteiger partial charge in [-0.25, -0.2) is 0 Å². The number of rotatable bonds is 7. The molecule has 4 aromatic rings. The summed E-state index contributed by atoms with van der Waals surface area (Å²) in [6, 6.07) is 20.7. The maximum absolute atomic E-state index is 6.07. The average Bonchev–Trinajstić information content (AvgIpc) is 3.37. The molecular formula is C27H32Cl2N2O2P2Po-. The minimum absolute atomic E-state index is 0.871. The first-order chi connectivity index (χ1) is 17.2. The standard InChI is InChI=1S/C14H16NOP.C13H16NOP.2ClH.Po/c1-10-8-9-11(2)15(10)12-6-5-7-13(16-3)14(12)17-4;1-9-7-8-10(2)14(9)11-5-4-6-12(15-3)13(11)16;;;/h5-9H,4H2,1-3H3;4-8H,16H2,1-3H3;2*1H;/q-1;;;;+2/p-2. The molecule has 0 spiro atoms. The predicted molar refractivity (Wildman–Crippen MR) is 162 cm³/mol. The van der Waals surface area contributed by atoms with Crippen molar-refractivity contribution < 1.29 is 9.47 Å². The summed E-state index contributed by atoms with van der Waals surface area (Å²) in [5.74, 6) is 1.80. The van der Waals surface area contributed by atoms with Gasteiger partial charge in [-0.2, -0.15) is 0 Å². The third-order valence-corrected chi connectivity index (χ3v) is 16.4. The van der Waals surface area contributed by atoms with Crippen molar-refractivity contribution in [2.24, 2.45) is 0 Å². The van der Waals surface area contributed by atoms with Crippen molar-refractivity contribution in [3.63, 3.8) is 0 Å². The number of benzene rings is 2. The maximum atomic E-state index is 6.07. The van der Waals surface area contributed by atoms with Gasteiger partial charge in [-0.3, -0.25) is 0 Å². The molecule has 0 aliphatic carbocycles. The van der Waals surface area contributed by atoms with Gasteiger partial charge in [0.1, 0.15) is 5.75 Å². The van der Waals surface area contributed by atoms with Crippen LogP contribution in [0.25, 0.3) is 11.4 Å². The molecule has 36 heavy (non-hydrogen) atoms. The Morgan fingerprint density at radius 3 is 1.64 bits per heavy atom. The van der Waals surface area contributed by atoms with Crippen molar-refractivity contribution >= 4 is 65.0 Å². The first kappa shape index (κ1) is 29.5. The summed E-state index contributed by atoms with van der Waals surface area (Å²) in [5.41, 5.74) is 7.20. The Kier molecular flexibility index (Phi) is 11.2. The summed E-state index contributed by atoms with van der Waals surface area (Å²) >= 11 is -2.13. The number of nitrogens with zero attached hydrogens (tertiary/aromatic N) is 2. The minimum atomic E-state index is -2.13. The number of aromatic nitrogens is 2. The molecule has 1 unspecified atom stereocenters. The zero-order valence-electron chi connectivity index (χ0n) is 21.4. The normalized spacial score (nSPS) is 11.2. The van der Waals surface area contributed by atoms with Crippen LogP contribution in [0.15, 0.2) is 60.7 Å². The van der Waals surface area contributed by atoms with Crippen molar-refractivity contribution in [3.05, 3.63) is 83.4 Å². The third-order valence-electron chi connectivity index (χ3n) is 5.80. The van der Waals surface area contributed by atoms with Crippen molar-refractivity contribution in [2.75, 3.05) is 18.0 Å². The molecule has 0 fully saturated rings. The van der Waals surface area contributed by atoms with Crippen molar-refractivity contribution in [1.82, 2.24) is 9.13 Å². The van der Waals surface area contributed by atoms with Gasteiger partial charge < -0.3 is 9.30 Å². The second-order valence-electron chi connectivity index (χ2n) is 8.19. The van der Waals surface area contributed by atoms with Crippen molar-refractivity contribution in [3.8, 4) is 22.9 Å². The second kappa shape index (κ2) is 13.6. The molecule has 9 heteroatoms. The fourth-order valence-corrected chi connectivity index (χ4v) is 10.7. The number of halogens is 2. The molecule has 0 saturated heterocycles. The Morgan fingerprint density at radius 1 is 0.722 bits per heavy atom. The molecule has 1 atom stereocenters. The monoisotopic (exact) mass is 757 g/mol. The van der Waals surface area contributed by atoms with E-state index in [2.05, 4.69) is 82.5 Å². The van der Waals surface area contributed by atoms with Gasteiger partial charge >= 0.3 is 138 Å². The molecule has 4 nitrogen and oxygen atoms in total. The summed E-state index contributed by atoms with van der Waals surface area (Å²) in [6.07, 6.45) is 0. The molecule has 0 aliphatic rings. The molecule has 1 radical (unpaired) electrons. The molecule has 0 bridgehead atoms. The zero-order valence-corrected chi connectivity index (χ0v) is 28.1. The van der Waals surface area contributed by atoms with E-state index in [-0.39, 0.29) is 0 Å². The number of hydrogen-bond acceptors (Lipinski definition) is 2. The second-order valence-corrected chi connectivity index (χ2v) is 22.9. The zero-order chi connectivity index (χ0) is 26.4. The molecule has 0 amide bonds. The van der Waals surface area contributed by atoms with Crippen LogP contribution in [0.2, 0.25) is 0 Å². The summed E-state index contributed by atoms with van der Waals surface area (Å²) in [7, 11) is 19.4. The van der Waals surface area contributed by atoms with E-state index in [4.69, 9.17) is 26.4 Å². The fourth-order valence-electron chi connectivity index (χ4n) is 4.13. The summed E-state index contributed by atoms with van der Waals surface area (Å²) in [6.45, 7) is 8.43. The summed E-state index contributed by atoms with van der Waals surface area (Å²) < 4.78 is 16.2. The van der Waals surface area contributed by atoms with E-state index in [1.807, 2.05) is 24.3 Å². The van der Waals surface area contributed by atoms with E-state index < -0.39 is 19.7 Å². The Hall–Kier alpha value is -1.06. The SMILES string of the molecule is COc1cccc(-n2c(C)ccc2C)c1P.COc1cccc(-n2c(C)ccc2C)c1[P-][CH2][Po]([Cl])[Cl]. The number of ether oxygens (including phenoxy) is 2. The third kappa shape index (κ3) is 6.87. The Labute approximate surface area is 234 Å². The van der Waals surface area contributed by atoms with Crippen LogP contribution in [-0.4, -0.2) is 46.8 Å². The Bertz CT molecular complexity index is 1280. The van der Waals surface area contributed by atoms with Crippen LogP contribution < -0.4 is 20.1 Å². The van der Waals surface area contributed by atoms with Crippen LogP contribution in [0.4, 0.5) is 0 Å². The van der Waals surface area contributed by atoms with Gasteiger partial charge in [0.15, 0.2) is 0 Å². The number of hydrogen-bond donors (Lipinski definition) is 0. The van der Waals surface area contributed by atoms with Gasteiger partial charge in [-0.1, -0.05) is 15.3 Å². The Morgan fingerprint density at radius 2 is 1.17 bits per heavy atom. The van der Waals surface area contributed by atoms with Crippen LogP contribution in [0.5, 0.6) is 11.5 Å². The number of methoxy groups -OCH3 is 2. The molecule has 2 aromatic carbocycles. The van der Waals surface area contributed by atoms with E-state index in [0.717, 1.165) is 45.9 Å². The van der Waals surface area contributed by atoms with Gasteiger partial charge in [0, 0.05) is 16.7 Å². The van der Waals surface area contributed by atoms with Crippen LogP contribution in [0.3, 0.4) is 0 Å². The van der Waals surface area contributed by atoms with Crippen LogP contribution in [-0.2, 0) is 0 Å². The van der Waals surface area contributed by atoms with E-state index in [1.165, 1.54) is 22.8 Å². The van der Waals surface area contributed by atoms with Crippen molar-refractivity contribution in [2.45, 2.75) is 27.7 Å². The van der Waals surface area contributed by atoms with Gasteiger partial charge in [0.2, 0.25) is 0 Å². The fraction of sp³-hybridized carbons (Fsp3) is 0.259. The molecule has 0 aliphatic heterocycles. The van der Waals surface area contributed by atoms with Gasteiger partial charge in [0.05, 0.1) is 12.8 Å². The van der Waals surface area contributed by atoms with E-state index in [0.29, 0.717) is 0 Å². The molecule has 4 rings (SSSR count). The van der Waals surface area contributed by atoms with Gasteiger partial charge in [0.25, 0.3) is 0 Å². The molecule has 2 heterocycles. The van der Waals surface area contributed by atoms with E-state index in [9.17, 15) is 0 Å². The Balaban J connectivity index is 0.000000205. The molecule has 193 valence electrons. The summed E-state index contributed by atoms with van der Waals surface area (Å²) in [4.78, 5) is 0. The van der Waals surface area contributed by atoms with Crippen LogP contribution in [0.1, 0.15) is 22.8 Å². The molecule has 0 saturated carbocycles. The molecular weight excluding hydrogens is 726 g/mol. The van der Waals surface area contributed by atoms with Crippen LogP contribution >= 0.6 is 34.7 Å². The molecule has 2 aromatic heterocycles. The first-order valence-corrected chi connectivity index (χ1v) is 23.0. The van der Waals surface area contributed by atoms with Gasteiger partial charge in [-0.05, 0) is 38.1 Å². The van der Waals surface area contributed by atoms with Crippen molar-refractivity contribution in [1.29, 1.82) is 0 Å². The predicted octanol–water partition coefficient (Wildman–Crippen LogP) is 6.78. The van der Waals surface area contributed by atoms with Crippen LogP contribution in [0, 0.1) is 27.7 Å². The quantitative estimate of drug-likeness (QED) is 0.195. The average molecular weight is 758 g/mol.